The van der Waals surface area contributed by atoms with Crippen molar-refractivity contribution in [2.75, 3.05) is 0 Å². The maximum absolute atomic E-state index is 9.40. The van der Waals surface area contributed by atoms with Gasteiger partial charge in [-0.25, -0.2) is 0 Å². The van der Waals surface area contributed by atoms with Crippen LogP contribution in [0.1, 0.15) is 26.7 Å². The lowest BCUT2D eigenvalue weighted by Crippen LogP contribution is -2.24. The van der Waals surface area contributed by atoms with Gasteiger partial charge in [0.05, 0.1) is 24.6 Å². The van der Waals surface area contributed by atoms with Crippen molar-refractivity contribution >= 4 is 0 Å². The van der Waals surface area contributed by atoms with E-state index in [0.29, 0.717) is 12.3 Å². The van der Waals surface area contributed by atoms with Crippen LogP contribution in [0.5, 0.6) is 0 Å². The number of nitrogens with zero attached hydrogens (tertiary/aromatic N) is 4. The standard InChI is InChI=1S/C8H14N4O/c1-6(2)5-7(11-12-10)8(13)3-4-9/h6-8,13H,3,5H2,1-2H3/t7-,8+/m1/s1. The van der Waals surface area contributed by atoms with Gasteiger partial charge in [0.1, 0.15) is 0 Å². The van der Waals surface area contributed by atoms with Crippen molar-refractivity contribution in [2.24, 2.45) is 11.0 Å². The Labute approximate surface area is 77.6 Å². The molecule has 0 saturated carbocycles. The fourth-order valence-electron chi connectivity index (χ4n) is 1.06. The molecule has 5 heteroatoms. The zero-order valence-corrected chi connectivity index (χ0v) is 7.88. The first-order chi connectivity index (χ1) is 6.11. The maximum atomic E-state index is 9.40. The number of hydrogen-bond donors (Lipinski definition) is 1. The normalized spacial score (nSPS) is 14.4. The minimum absolute atomic E-state index is 0.0103. The Hall–Kier alpha value is -1.24. The van der Waals surface area contributed by atoms with Crippen LogP contribution >= 0.6 is 0 Å². The van der Waals surface area contributed by atoms with Crippen LogP contribution in [0, 0.1) is 17.2 Å². The fourth-order valence-corrected chi connectivity index (χ4v) is 1.06. The molecule has 0 spiro atoms. The highest BCUT2D eigenvalue weighted by atomic mass is 16.3. The van der Waals surface area contributed by atoms with Gasteiger partial charge in [0.15, 0.2) is 0 Å². The summed E-state index contributed by atoms with van der Waals surface area (Å²) in [6.07, 6.45) is -0.230. The number of rotatable bonds is 5. The Morgan fingerprint density at radius 1 is 1.62 bits per heavy atom. The first kappa shape index (κ1) is 11.8. The predicted molar refractivity (Wildman–Crippen MR) is 48.6 cm³/mol. The first-order valence-electron chi connectivity index (χ1n) is 4.21. The second-order valence-electron chi connectivity index (χ2n) is 3.33. The second-order valence-corrected chi connectivity index (χ2v) is 3.33. The van der Waals surface area contributed by atoms with E-state index in [9.17, 15) is 5.11 Å². The molecule has 0 radical (unpaired) electrons. The molecule has 0 aromatic rings. The van der Waals surface area contributed by atoms with E-state index in [0.717, 1.165) is 0 Å². The van der Waals surface area contributed by atoms with Gasteiger partial charge >= 0.3 is 0 Å². The van der Waals surface area contributed by atoms with Crippen molar-refractivity contribution in [3.63, 3.8) is 0 Å². The summed E-state index contributed by atoms with van der Waals surface area (Å²) in [6, 6.07) is 1.36. The van der Waals surface area contributed by atoms with Crippen LogP contribution < -0.4 is 0 Å². The van der Waals surface area contributed by atoms with Crippen molar-refractivity contribution < 1.29 is 5.11 Å². The molecule has 0 rings (SSSR count). The van der Waals surface area contributed by atoms with E-state index < -0.39 is 12.1 Å². The molecule has 0 saturated heterocycles. The van der Waals surface area contributed by atoms with E-state index in [1.54, 1.807) is 0 Å². The third kappa shape index (κ3) is 5.07. The largest absolute Gasteiger partial charge is 0.392 e. The number of azide groups is 1. The van der Waals surface area contributed by atoms with Gasteiger partial charge in [-0.1, -0.05) is 19.0 Å². The number of aliphatic hydroxyl groups is 1. The van der Waals surface area contributed by atoms with E-state index in [4.69, 9.17) is 10.8 Å². The Morgan fingerprint density at radius 3 is 2.62 bits per heavy atom. The molecule has 0 aliphatic rings. The van der Waals surface area contributed by atoms with Crippen molar-refractivity contribution in [3.05, 3.63) is 10.4 Å². The SMILES string of the molecule is CC(C)C[C@@H](N=[N+]=[N-])[C@@H](O)CC#N. The Balaban J connectivity index is 4.24. The summed E-state index contributed by atoms with van der Waals surface area (Å²) in [5, 5.41) is 21.2. The summed E-state index contributed by atoms with van der Waals surface area (Å²) in [7, 11) is 0. The summed E-state index contributed by atoms with van der Waals surface area (Å²) in [5.74, 6) is 0.337. The summed E-state index contributed by atoms with van der Waals surface area (Å²) in [5.41, 5.74) is 8.23. The highest BCUT2D eigenvalue weighted by molar-refractivity contribution is 4.85. The van der Waals surface area contributed by atoms with Crippen molar-refractivity contribution in [1.29, 1.82) is 5.26 Å². The maximum Gasteiger partial charge on any atom is 0.0754 e. The number of aliphatic hydroxyl groups excluding tert-OH is 1. The van der Waals surface area contributed by atoms with Crippen LogP contribution in [-0.4, -0.2) is 17.3 Å². The van der Waals surface area contributed by atoms with Gasteiger partial charge in [-0.3, -0.25) is 0 Å². The summed E-state index contributed by atoms with van der Waals surface area (Å²) < 4.78 is 0. The van der Waals surface area contributed by atoms with Crippen LogP contribution in [0.4, 0.5) is 0 Å². The molecule has 72 valence electrons. The van der Waals surface area contributed by atoms with Crippen molar-refractivity contribution in [3.8, 4) is 6.07 Å². The van der Waals surface area contributed by atoms with Crippen LogP contribution in [0.15, 0.2) is 5.11 Å². The number of hydrogen-bond acceptors (Lipinski definition) is 3. The minimum atomic E-state index is -0.844. The highest BCUT2D eigenvalue weighted by Crippen LogP contribution is 2.14. The Kier molecular flexibility index (Phi) is 5.69. The van der Waals surface area contributed by atoms with Gasteiger partial charge < -0.3 is 5.11 Å². The lowest BCUT2D eigenvalue weighted by atomic mass is 9.98. The minimum Gasteiger partial charge on any atom is -0.392 e. The highest BCUT2D eigenvalue weighted by Gasteiger charge is 2.18. The summed E-state index contributed by atoms with van der Waals surface area (Å²) >= 11 is 0. The Bertz CT molecular complexity index is 227. The zero-order valence-electron chi connectivity index (χ0n) is 7.88. The van der Waals surface area contributed by atoms with E-state index >= 15 is 0 Å². The average Bonchev–Trinajstić information content (AvgIpc) is 2.03. The zero-order chi connectivity index (χ0) is 10.3. The van der Waals surface area contributed by atoms with Gasteiger partial charge in [-0.2, -0.15) is 5.26 Å². The quantitative estimate of drug-likeness (QED) is 0.400. The molecule has 0 aromatic heterocycles. The topological polar surface area (TPSA) is 92.8 Å². The third-order valence-electron chi connectivity index (χ3n) is 1.66. The van der Waals surface area contributed by atoms with Crippen LogP contribution in [0.2, 0.25) is 0 Å². The molecular formula is C8H14N4O. The van der Waals surface area contributed by atoms with Gasteiger partial charge in [-0.05, 0) is 17.9 Å². The molecule has 2 atom stereocenters. The van der Waals surface area contributed by atoms with E-state index in [1.807, 2.05) is 19.9 Å². The predicted octanol–water partition coefficient (Wildman–Crippen LogP) is 1.99. The monoisotopic (exact) mass is 182 g/mol. The smallest absolute Gasteiger partial charge is 0.0754 e. The lowest BCUT2D eigenvalue weighted by Gasteiger charge is -2.17. The van der Waals surface area contributed by atoms with E-state index in [2.05, 4.69) is 10.0 Å². The summed E-state index contributed by atoms with van der Waals surface area (Å²) in [6.45, 7) is 3.94. The van der Waals surface area contributed by atoms with Gasteiger partial charge in [-0.15, -0.1) is 0 Å². The lowest BCUT2D eigenvalue weighted by molar-refractivity contribution is 0.139. The molecule has 0 aromatic carbocycles. The van der Waals surface area contributed by atoms with Crippen molar-refractivity contribution in [2.45, 2.75) is 38.8 Å². The Morgan fingerprint density at radius 2 is 2.23 bits per heavy atom. The molecule has 0 amide bonds. The van der Waals surface area contributed by atoms with Crippen LogP contribution in [0.3, 0.4) is 0 Å². The van der Waals surface area contributed by atoms with Gasteiger partial charge in [0, 0.05) is 4.91 Å². The number of nitriles is 1. The first-order valence-corrected chi connectivity index (χ1v) is 4.21. The molecule has 0 fully saturated rings. The molecule has 0 unspecified atom stereocenters. The molecule has 1 N–H and O–H groups in total. The van der Waals surface area contributed by atoms with Crippen LogP contribution in [0.25, 0.3) is 10.4 Å². The molecule has 0 aliphatic heterocycles. The fraction of sp³-hybridized carbons (Fsp3) is 0.875. The van der Waals surface area contributed by atoms with E-state index in [1.165, 1.54) is 0 Å². The van der Waals surface area contributed by atoms with Gasteiger partial charge in [0.2, 0.25) is 0 Å². The average molecular weight is 182 g/mol. The molecular weight excluding hydrogens is 168 g/mol. The molecule has 13 heavy (non-hydrogen) atoms. The van der Waals surface area contributed by atoms with Gasteiger partial charge in [0.25, 0.3) is 0 Å². The third-order valence-corrected chi connectivity index (χ3v) is 1.66. The molecule has 0 aliphatic carbocycles. The van der Waals surface area contributed by atoms with E-state index in [-0.39, 0.29) is 6.42 Å². The van der Waals surface area contributed by atoms with Crippen molar-refractivity contribution in [1.82, 2.24) is 0 Å². The summed E-state index contributed by atoms with van der Waals surface area (Å²) in [4.78, 5) is 2.65. The molecule has 5 nitrogen and oxygen atoms in total. The molecule has 0 bridgehead atoms. The van der Waals surface area contributed by atoms with Crippen LogP contribution in [-0.2, 0) is 0 Å². The molecule has 0 heterocycles. The second kappa shape index (κ2) is 6.30.